The molecule has 2 saturated heterocycles. The van der Waals surface area contributed by atoms with E-state index < -0.39 is 0 Å². The van der Waals surface area contributed by atoms with Crippen LogP contribution in [0.25, 0.3) is 10.2 Å². The van der Waals surface area contributed by atoms with Crippen LogP contribution in [0, 0.1) is 5.92 Å². The van der Waals surface area contributed by atoms with Gasteiger partial charge in [0.05, 0.1) is 23.0 Å². The van der Waals surface area contributed by atoms with Crippen molar-refractivity contribution in [2.24, 2.45) is 5.92 Å². The fraction of sp³-hybridized carbons (Fsp3) is 0.700. The fourth-order valence-corrected chi connectivity index (χ4v) is 5.81. The van der Waals surface area contributed by atoms with E-state index in [9.17, 15) is 0 Å². The van der Waals surface area contributed by atoms with E-state index in [1.54, 1.807) is 17.7 Å². The molecule has 2 aliphatic heterocycles. The van der Waals surface area contributed by atoms with E-state index in [4.69, 9.17) is 16.3 Å². The molecule has 2 aromatic rings. The van der Waals surface area contributed by atoms with Crippen LogP contribution in [-0.2, 0) is 4.74 Å². The number of halogens is 1. The minimum Gasteiger partial charge on any atom is -0.360 e. The zero-order chi connectivity index (χ0) is 18.9. The Labute approximate surface area is 175 Å². The molecular weight excluding hydrogens is 394 g/mol. The predicted molar refractivity (Wildman–Crippen MR) is 113 cm³/mol. The van der Waals surface area contributed by atoms with E-state index in [1.807, 2.05) is 6.20 Å². The van der Waals surface area contributed by atoms with Crippen LogP contribution in [0.3, 0.4) is 0 Å². The van der Waals surface area contributed by atoms with Gasteiger partial charge in [-0.1, -0.05) is 11.6 Å². The Hall–Kier alpha value is -0.830. The molecule has 3 fully saturated rings. The van der Waals surface area contributed by atoms with Crippen molar-refractivity contribution in [1.29, 1.82) is 0 Å². The molecule has 8 heteroatoms. The third-order valence-electron chi connectivity index (χ3n) is 6.22. The van der Waals surface area contributed by atoms with E-state index >= 15 is 0 Å². The SMILES string of the molecule is ClC1CN(C(NCC2CCN(C3CC3)CC2)c2cc3ncncc3s2)CCO1. The topological polar surface area (TPSA) is 53.5 Å². The third kappa shape index (κ3) is 4.35. The number of fused-ring (bicyclic) bond motifs is 1. The Morgan fingerprint density at radius 3 is 2.86 bits per heavy atom. The molecule has 2 atom stereocenters. The first-order chi connectivity index (χ1) is 13.8. The number of alkyl halides is 1. The number of hydrogen-bond donors (Lipinski definition) is 1. The Morgan fingerprint density at radius 2 is 2.11 bits per heavy atom. The van der Waals surface area contributed by atoms with Crippen molar-refractivity contribution in [3.63, 3.8) is 0 Å². The molecule has 5 rings (SSSR count). The van der Waals surface area contributed by atoms with Crippen molar-refractivity contribution in [3.8, 4) is 0 Å². The Balaban J connectivity index is 1.28. The summed E-state index contributed by atoms with van der Waals surface area (Å²) in [5.41, 5.74) is 0.782. The summed E-state index contributed by atoms with van der Waals surface area (Å²) in [5.74, 6) is 0.750. The lowest BCUT2D eigenvalue weighted by Crippen LogP contribution is -2.48. The van der Waals surface area contributed by atoms with Gasteiger partial charge in [-0.3, -0.25) is 10.2 Å². The van der Waals surface area contributed by atoms with Gasteiger partial charge in [0.1, 0.15) is 11.9 Å². The first-order valence-electron chi connectivity index (χ1n) is 10.4. The number of morpholine rings is 1. The summed E-state index contributed by atoms with van der Waals surface area (Å²) in [6.07, 6.45) is 9.12. The van der Waals surface area contributed by atoms with Crippen LogP contribution in [-0.4, -0.2) is 70.7 Å². The smallest absolute Gasteiger partial charge is 0.143 e. The second-order valence-corrected chi connectivity index (χ2v) is 9.82. The molecule has 2 aromatic heterocycles. The van der Waals surface area contributed by atoms with Crippen LogP contribution in [0.5, 0.6) is 0 Å². The highest BCUT2D eigenvalue weighted by atomic mass is 35.5. The predicted octanol–water partition coefficient (Wildman–Crippen LogP) is 3.05. The molecule has 3 aliphatic rings. The number of nitrogens with zero attached hydrogens (tertiary/aromatic N) is 4. The highest BCUT2D eigenvalue weighted by Gasteiger charge is 2.33. The first kappa shape index (κ1) is 19.2. The number of hydrogen-bond acceptors (Lipinski definition) is 7. The largest absolute Gasteiger partial charge is 0.360 e. The average molecular weight is 422 g/mol. The summed E-state index contributed by atoms with van der Waals surface area (Å²) in [7, 11) is 0. The summed E-state index contributed by atoms with van der Waals surface area (Å²) >= 11 is 8.08. The van der Waals surface area contributed by atoms with Crippen LogP contribution < -0.4 is 5.32 Å². The number of aromatic nitrogens is 2. The number of ether oxygens (including phenoxy) is 1. The van der Waals surface area contributed by atoms with Crippen molar-refractivity contribution in [1.82, 2.24) is 25.1 Å². The minimum atomic E-state index is -0.242. The highest BCUT2D eigenvalue weighted by Crippen LogP contribution is 2.33. The molecule has 0 amide bonds. The summed E-state index contributed by atoms with van der Waals surface area (Å²) in [5, 5.41) is 3.87. The van der Waals surface area contributed by atoms with Crippen LogP contribution in [0.2, 0.25) is 0 Å². The maximum Gasteiger partial charge on any atom is 0.143 e. The van der Waals surface area contributed by atoms with Gasteiger partial charge in [0.15, 0.2) is 0 Å². The van der Waals surface area contributed by atoms with Crippen molar-refractivity contribution in [2.45, 2.75) is 43.5 Å². The van der Waals surface area contributed by atoms with Crippen LogP contribution in [0.15, 0.2) is 18.6 Å². The van der Waals surface area contributed by atoms with Gasteiger partial charge in [0.25, 0.3) is 0 Å². The van der Waals surface area contributed by atoms with Crippen molar-refractivity contribution >= 4 is 33.2 Å². The molecule has 2 unspecified atom stereocenters. The van der Waals surface area contributed by atoms with Crippen molar-refractivity contribution in [3.05, 3.63) is 23.5 Å². The Morgan fingerprint density at radius 1 is 1.25 bits per heavy atom. The van der Waals surface area contributed by atoms with Crippen molar-refractivity contribution < 1.29 is 4.74 Å². The normalized spacial score (nSPS) is 26.7. The number of rotatable bonds is 6. The molecule has 0 bridgehead atoms. The van der Waals surface area contributed by atoms with Gasteiger partial charge in [-0.25, -0.2) is 9.97 Å². The third-order valence-corrected chi connectivity index (χ3v) is 7.59. The summed E-state index contributed by atoms with van der Waals surface area (Å²) in [4.78, 5) is 15.0. The molecule has 0 radical (unpaired) electrons. The lowest BCUT2D eigenvalue weighted by Gasteiger charge is -2.38. The first-order valence-corrected chi connectivity index (χ1v) is 11.7. The number of thiophene rings is 1. The highest BCUT2D eigenvalue weighted by molar-refractivity contribution is 7.19. The average Bonchev–Trinajstić information content (AvgIpc) is 3.48. The van der Waals surface area contributed by atoms with Gasteiger partial charge in [-0.15, -0.1) is 11.3 Å². The van der Waals surface area contributed by atoms with E-state index in [-0.39, 0.29) is 11.7 Å². The molecule has 1 N–H and O–H groups in total. The van der Waals surface area contributed by atoms with Crippen LogP contribution >= 0.6 is 22.9 Å². The lowest BCUT2D eigenvalue weighted by molar-refractivity contribution is -0.0127. The molecule has 0 spiro atoms. The number of nitrogens with one attached hydrogen (secondary N) is 1. The van der Waals surface area contributed by atoms with Gasteiger partial charge in [-0.05, 0) is 57.3 Å². The molecule has 0 aromatic carbocycles. The van der Waals surface area contributed by atoms with Gasteiger partial charge in [-0.2, -0.15) is 0 Å². The maximum atomic E-state index is 6.31. The van der Waals surface area contributed by atoms with Crippen LogP contribution in [0.1, 0.15) is 36.7 Å². The minimum absolute atomic E-state index is 0.158. The monoisotopic (exact) mass is 421 g/mol. The van der Waals surface area contributed by atoms with Crippen molar-refractivity contribution in [2.75, 3.05) is 39.3 Å². The molecule has 152 valence electrons. The van der Waals surface area contributed by atoms with Gasteiger partial charge < -0.3 is 9.64 Å². The molecule has 28 heavy (non-hydrogen) atoms. The Kier molecular flexibility index (Phi) is 5.81. The van der Waals surface area contributed by atoms with Gasteiger partial charge in [0, 0.05) is 30.2 Å². The quantitative estimate of drug-likeness (QED) is 0.723. The van der Waals surface area contributed by atoms with Gasteiger partial charge >= 0.3 is 0 Å². The fourth-order valence-electron chi connectivity index (χ4n) is 4.45. The second kappa shape index (κ2) is 8.50. The molecule has 4 heterocycles. The zero-order valence-corrected chi connectivity index (χ0v) is 17.7. The maximum absolute atomic E-state index is 6.31. The Bertz CT molecular complexity index is 759. The lowest BCUT2D eigenvalue weighted by atomic mass is 9.96. The van der Waals surface area contributed by atoms with Gasteiger partial charge in [0.2, 0.25) is 0 Å². The van der Waals surface area contributed by atoms with E-state index in [2.05, 4.69) is 31.2 Å². The standard InChI is InChI=1S/C20H28ClN5OS/c21-19-12-26(7-8-27-19)20(17-9-16-18(28-17)11-22-13-24-16)23-10-14-3-5-25(6-4-14)15-1-2-15/h9,11,13-15,19-20,23H,1-8,10,12H2. The summed E-state index contributed by atoms with van der Waals surface area (Å²) in [6, 6.07) is 3.10. The zero-order valence-electron chi connectivity index (χ0n) is 16.1. The molecule has 1 aliphatic carbocycles. The van der Waals surface area contributed by atoms with Crippen LogP contribution in [0.4, 0.5) is 0 Å². The summed E-state index contributed by atoms with van der Waals surface area (Å²) in [6.45, 7) is 5.88. The number of piperidine rings is 1. The second-order valence-electron chi connectivity index (χ2n) is 8.22. The molecular formula is C20H28ClN5OS. The van der Waals surface area contributed by atoms with E-state index in [1.165, 1.54) is 43.6 Å². The molecule has 6 nitrogen and oxygen atoms in total. The summed E-state index contributed by atoms with van der Waals surface area (Å²) < 4.78 is 6.70. The van der Waals surface area contributed by atoms with E-state index in [0.717, 1.165) is 41.8 Å². The molecule has 1 saturated carbocycles. The number of likely N-dealkylation sites (tertiary alicyclic amines) is 1. The van der Waals surface area contributed by atoms with E-state index in [0.29, 0.717) is 6.61 Å².